The van der Waals surface area contributed by atoms with Crippen molar-refractivity contribution < 1.29 is 27.9 Å². The van der Waals surface area contributed by atoms with Crippen LogP contribution in [0.1, 0.15) is 41.6 Å². The number of nitrogens with one attached hydrogen (secondary N) is 1. The maximum Gasteiger partial charge on any atom is 0.416 e. The lowest BCUT2D eigenvalue weighted by Gasteiger charge is -2.39. The summed E-state index contributed by atoms with van der Waals surface area (Å²) in [4.78, 5) is 25.2. The van der Waals surface area contributed by atoms with Crippen molar-refractivity contribution in [3.05, 3.63) is 35.4 Å². The van der Waals surface area contributed by atoms with Crippen LogP contribution >= 0.6 is 0 Å². The zero-order valence-electron chi connectivity index (χ0n) is 13.9. The maximum absolute atomic E-state index is 12.8. The van der Waals surface area contributed by atoms with E-state index in [4.69, 9.17) is 0 Å². The fourth-order valence-electron chi connectivity index (χ4n) is 2.97. The summed E-state index contributed by atoms with van der Waals surface area (Å²) < 4.78 is 38.4. The van der Waals surface area contributed by atoms with E-state index < -0.39 is 23.2 Å². The number of aliphatic hydroxyl groups is 1. The molecule has 1 atom stereocenters. The zero-order valence-corrected chi connectivity index (χ0v) is 13.9. The fraction of sp³-hybridized carbons (Fsp3) is 0.529. The summed E-state index contributed by atoms with van der Waals surface area (Å²) >= 11 is 0. The van der Waals surface area contributed by atoms with E-state index in [1.54, 1.807) is 0 Å². The average molecular weight is 358 g/mol. The van der Waals surface area contributed by atoms with Crippen molar-refractivity contribution in [2.24, 2.45) is 0 Å². The number of hydrogen-bond acceptors (Lipinski definition) is 3. The molecule has 2 rings (SSSR count). The van der Waals surface area contributed by atoms with Crippen molar-refractivity contribution in [1.29, 1.82) is 0 Å². The van der Waals surface area contributed by atoms with Crippen molar-refractivity contribution in [3.8, 4) is 0 Å². The Kier molecular flexibility index (Phi) is 5.72. The Labute approximate surface area is 143 Å². The van der Waals surface area contributed by atoms with Crippen LogP contribution < -0.4 is 5.32 Å². The number of carbonyl (C=O) groups is 2. The molecule has 0 radical (unpaired) electrons. The molecule has 0 spiro atoms. The molecule has 5 nitrogen and oxygen atoms in total. The van der Waals surface area contributed by atoms with E-state index in [9.17, 15) is 27.9 Å². The highest BCUT2D eigenvalue weighted by atomic mass is 19.4. The van der Waals surface area contributed by atoms with E-state index in [0.717, 1.165) is 12.1 Å². The van der Waals surface area contributed by atoms with E-state index in [-0.39, 0.29) is 30.9 Å². The van der Waals surface area contributed by atoms with Gasteiger partial charge in [-0.25, -0.2) is 0 Å². The predicted octanol–water partition coefficient (Wildman–Crippen LogP) is 2.20. The van der Waals surface area contributed by atoms with E-state index in [0.29, 0.717) is 19.4 Å². The van der Waals surface area contributed by atoms with Crippen molar-refractivity contribution >= 4 is 11.8 Å². The number of likely N-dealkylation sites (tertiary alicyclic amines) is 1. The number of benzene rings is 1. The second-order valence-corrected chi connectivity index (χ2v) is 6.31. The van der Waals surface area contributed by atoms with Gasteiger partial charge < -0.3 is 15.3 Å². The lowest BCUT2D eigenvalue weighted by Crippen LogP contribution is -2.50. The monoisotopic (exact) mass is 358 g/mol. The van der Waals surface area contributed by atoms with E-state index in [1.807, 2.05) is 0 Å². The van der Waals surface area contributed by atoms with Gasteiger partial charge >= 0.3 is 6.18 Å². The number of piperidine rings is 1. The second kappa shape index (κ2) is 7.43. The van der Waals surface area contributed by atoms with Crippen LogP contribution in [-0.4, -0.2) is 47.6 Å². The van der Waals surface area contributed by atoms with Gasteiger partial charge in [-0.05, 0) is 37.5 Å². The Bertz CT molecular complexity index is 648. The van der Waals surface area contributed by atoms with Gasteiger partial charge in [-0.1, -0.05) is 6.07 Å². The Morgan fingerprint density at radius 3 is 2.72 bits per heavy atom. The number of hydrogen-bond donors (Lipinski definition) is 2. The lowest BCUT2D eigenvalue weighted by atomic mass is 9.88. The van der Waals surface area contributed by atoms with Gasteiger partial charge in [0, 0.05) is 32.1 Å². The normalized spacial score (nSPS) is 21.1. The number of alkyl halides is 3. The average Bonchev–Trinajstić information content (AvgIpc) is 2.58. The summed E-state index contributed by atoms with van der Waals surface area (Å²) in [5.41, 5.74) is -2.15. The van der Waals surface area contributed by atoms with Crippen LogP contribution in [0.15, 0.2) is 24.3 Å². The number of nitrogens with zero attached hydrogens (tertiary/aromatic N) is 1. The molecule has 1 aromatic carbocycles. The minimum Gasteiger partial charge on any atom is -0.388 e. The van der Waals surface area contributed by atoms with Crippen LogP contribution in [0.2, 0.25) is 0 Å². The topological polar surface area (TPSA) is 69.6 Å². The minimum atomic E-state index is -4.52. The Balaban J connectivity index is 2.10. The molecule has 1 aliphatic rings. The van der Waals surface area contributed by atoms with Crippen molar-refractivity contribution in [3.63, 3.8) is 0 Å². The van der Waals surface area contributed by atoms with Crippen LogP contribution in [0.3, 0.4) is 0 Å². The summed E-state index contributed by atoms with van der Waals surface area (Å²) in [6.45, 7) is 0.358. The SMILES string of the molecule is CNC(=O)CCC1(O)CCCN(C(=O)c2cccc(C(F)(F)F)c2)C1. The van der Waals surface area contributed by atoms with Crippen molar-refractivity contribution in [2.75, 3.05) is 20.1 Å². The molecule has 0 bridgehead atoms. The minimum absolute atomic E-state index is 0.000920. The molecular formula is C17H21F3N2O3. The van der Waals surface area contributed by atoms with Crippen LogP contribution in [0.5, 0.6) is 0 Å². The largest absolute Gasteiger partial charge is 0.416 e. The second-order valence-electron chi connectivity index (χ2n) is 6.31. The van der Waals surface area contributed by atoms with E-state index in [1.165, 1.54) is 24.1 Å². The molecule has 0 aliphatic carbocycles. The lowest BCUT2D eigenvalue weighted by molar-refractivity contribution is -0.137. The number of rotatable bonds is 4. The van der Waals surface area contributed by atoms with Gasteiger partial charge in [-0.2, -0.15) is 13.2 Å². The summed E-state index contributed by atoms with van der Waals surface area (Å²) in [6.07, 6.45) is -3.24. The number of amides is 2. The van der Waals surface area contributed by atoms with Gasteiger partial charge in [-0.3, -0.25) is 9.59 Å². The third-order valence-electron chi connectivity index (χ3n) is 4.38. The first-order chi connectivity index (χ1) is 11.6. The Morgan fingerprint density at radius 1 is 1.36 bits per heavy atom. The number of β-amino-alcohol motifs (C(OH)–C–C–N with tert-alkyl or cyclic N) is 1. The summed E-state index contributed by atoms with van der Waals surface area (Å²) in [5, 5.41) is 13.1. The molecule has 138 valence electrons. The third kappa shape index (κ3) is 4.94. The van der Waals surface area contributed by atoms with Gasteiger partial charge in [0.15, 0.2) is 0 Å². The van der Waals surface area contributed by atoms with E-state index >= 15 is 0 Å². The van der Waals surface area contributed by atoms with Crippen molar-refractivity contribution in [2.45, 2.75) is 37.5 Å². The van der Waals surface area contributed by atoms with Crippen LogP contribution in [0.4, 0.5) is 13.2 Å². The van der Waals surface area contributed by atoms with Gasteiger partial charge in [0.1, 0.15) is 0 Å². The van der Waals surface area contributed by atoms with Gasteiger partial charge in [-0.15, -0.1) is 0 Å². The van der Waals surface area contributed by atoms with Crippen LogP contribution in [-0.2, 0) is 11.0 Å². The maximum atomic E-state index is 12.8. The van der Waals surface area contributed by atoms with Gasteiger partial charge in [0.25, 0.3) is 5.91 Å². The third-order valence-corrected chi connectivity index (χ3v) is 4.38. The van der Waals surface area contributed by atoms with Crippen LogP contribution in [0.25, 0.3) is 0 Å². The number of carbonyl (C=O) groups excluding carboxylic acids is 2. The molecule has 2 N–H and O–H groups in total. The molecule has 25 heavy (non-hydrogen) atoms. The summed E-state index contributed by atoms with van der Waals surface area (Å²) in [7, 11) is 1.50. The molecule has 1 aliphatic heterocycles. The predicted molar refractivity (Wildman–Crippen MR) is 84.8 cm³/mol. The first kappa shape index (κ1) is 19.2. The molecule has 0 aromatic heterocycles. The number of halogens is 3. The Hall–Kier alpha value is -2.09. The van der Waals surface area contributed by atoms with Crippen LogP contribution in [0, 0.1) is 0 Å². The molecular weight excluding hydrogens is 337 g/mol. The zero-order chi connectivity index (χ0) is 18.7. The molecule has 1 fully saturated rings. The van der Waals surface area contributed by atoms with Gasteiger partial charge in [0.05, 0.1) is 11.2 Å². The molecule has 1 unspecified atom stereocenters. The molecule has 1 saturated heterocycles. The molecule has 2 amide bonds. The standard InChI is InChI=1S/C17H21F3N2O3/c1-21-14(23)6-8-16(25)7-3-9-22(11-16)15(24)12-4-2-5-13(10-12)17(18,19)20/h2,4-5,10,25H,3,6-9,11H2,1H3,(H,21,23). The summed E-state index contributed by atoms with van der Waals surface area (Å²) in [6, 6.07) is 4.25. The summed E-state index contributed by atoms with van der Waals surface area (Å²) in [5.74, 6) is -0.765. The molecule has 1 heterocycles. The van der Waals surface area contributed by atoms with E-state index in [2.05, 4.69) is 5.32 Å². The first-order valence-electron chi connectivity index (χ1n) is 8.04. The molecule has 0 saturated carbocycles. The highest BCUT2D eigenvalue weighted by Crippen LogP contribution is 2.31. The highest BCUT2D eigenvalue weighted by molar-refractivity contribution is 5.94. The molecule has 1 aromatic rings. The molecule has 8 heteroatoms. The van der Waals surface area contributed by atoms with Crippen molar-refractivity contribution in [1.82, 2.24) is 10.2 Å². The Morgan fingerprint density at radius 2 is 2.08 bits per heavy atom. The smallest absolute Gasteiger partial charge is 0.388 e. The first-order valence-corrected chi connectivity index (χ1v) is 8.04. The quantitative estimate of drug-likeness (QED) is 0.867. The fourth-order valence-corrected chi connectivity index (χ4v) is 2.97. The van der Waals surface area contributed by atoms with Gasteiger partial charge in [0.2, 0.25) is 5.91 Å². The highest BCUT2D eigenvalue weighted by Gasteiger charge is 2.36.